The molecule has 0 aromatic heterocycles. The molecule has 0 bridgehead atoms. The maximum atomic E-state index is 12.6. The summed E-state index contributed by atoms with van der Waals surface area (Å²) in [5, 5.41) is 0. The van der Waals surface area contributed by atoms with Crippen molar-refractivity contribution in [2.24, 2.45) is 5.92 Å². The van der Waals surface area contributed by atoms with Gasteiger partial charge in [0.15, 0.2) is 0 Å². The Morgan fingerprint density at radius 2 is 1.52 bits per heavy atom. The number of sulfonamides is 2. The van der Waals surface area contributed by atoms with Crippen LogP contribution < -0.4 is 4.72 Å². The van der Waals surface area contributed by atoms with Crippen molar-refractivity contribution >= 4 is 20.0 Å². The van der Waals surface area contributed by atoms with Crippen LogP contribution >= 0.6 is 0 Å². The van der Waals surface area contributed by atoms with E-state index in [1.54, 1.807) is 7.05 Å². The smallest absolute Gasteiger partial charge is 0.208 e. The summed E-state index contributed by atoms with van der Waals surface area (Å²) in [7, 11) is -5.57. The molecule has 2 aliphatic rings. The molecule has 1 unspecified atom stereocenters. The van der Waals surface area contributed by atoms with Gasteiger partial charge in [-0.2, -0.15) is 4.31 Å². The van der Waals surface area contributed by atoms with Gasteiger partial charge in [-0.05, 0) is 62.8 Å². The zero-order valence-electron chi connectivity index (χ0n) is 13.3. The van der Waals surface area contributed by atoms with Gasteiger partial charge in [-0.1, -0.05) is 0 Å². The van der Waals surface area contributed by atoms with Crippen LogP contribution in [0.5, 0.6) is 0 Å². The van der Waals surface area contributed by atoms with Gasteiger partial charge >= 0.3 is 0 Å². The molecule has 0 heterocycles. The van der Waals surface area contributed by atoms with E-state index in [-0.39, 0.29) is 21.9 Å². The first-order valence-electron chi connectivity index (χ1n) is 7.82. The molecular weight excluding hydrogens is 336 g/mol. The molecule has 2 fully saturated rings. The van der Waals surface area contributed by atoms with Crippen LogP contribution in [-0.4, -0.2) is 40.3 Å². The minimum atomic E-state index is -3.60. The Morgan fingerprint density at radius 1 is 1.00 bits per heavy atom. The Kier molecular flexibility index (Phi) is 4.29. The lowest BCUT2D eigenvalue weighted by Gasteiger charge is -2.24. The fourth-order valence-electron chi connectivity index (χ4n) is 2.54. The first-order chi connectivity index (χ1) is 10.7. The Balaban J connectivity index is 1.80. The van der Waals surface area contributed by atoms with Crippen LogP contribution in [0.25, 0.3) is 0 Å². The van der Waals surface area contributed by atoms with Crippen molar-refractivity contribution in [3.8, 4) is 0 Å². The summed E-state index contributed by atoms with van der Waals surface area (Å²) in [6.07, 6.45) is 3.83. The Morgan fingerprint density at radius 3 is 2.00 bits per heavy atom. The molecule has 6 nitrogen and oxygen atoms in total. The first-order valence-corrected chi connectivity index (χ1v) is 10.7. The molecule has 1 aromatic rings. The zero-order chi connectivity index (χ0) is 16.8. The Labute approximate surface area is 138 Å². The highest BCUT2D eigenvalue weighted by Gasteiger charge is 2.36. The number of nitrogens with zero attached hydrogens (tertiary/aromatic N) is 1. The predicted octanol–water partition coefficient (Wildman–Crippen LogP) is 1.55. The number of nitrogens with one attached hydrogen (secondary N) is 1. The number of benzene rings is 1. The molecule has 1 aromatic carbocycles. The summed E-state index contributed by atoms with van der Waals surface area (Å²) in [4.78, 5) is 0.221. The van der Waals surface area contributed by atoms with Gasteiger partial charge < -0.3 is 0 Å². The van der Waals surface area contributed by atoms with Crippen molar-refractivity contribution in [1.82, 2.24) is 9.03 Å². The normalized spacial score (nSPS) is 20.7. The minimum Gasteiger partial charge on any atom is -0.208 e. The lowest BCUT2D eigenvalue weighted by molar-refractivity contribution is 0.357. The van der Waals surface area contributed by atoms with Gasteiger partial charge in [0, 0.05) is 19.1 Å². The quantitative estimate of drug-likeness (QED) is 0.801. The van der Waals surface area contributed by atoms with E-state index in [1.807, 2.05) is 6.92 Å². The molecular formula is C15H22N2O4S2. The van der Waals surface area contributed by atoms with E-state index in [0.717, 1.165) is 25.7 Å². The first kappa shape index (κ1) is 16.9. The summed E-state index contributed by atoms with van der Waals surface area (Å²) >= 11 is 0. The Bertz CT molecular complexity index is 779. The molecule has 23 heavy (non-hydrogen) atoms. The molecule has 1 N–H and O–H groups in total. The lowest BCUT2D eigenvalue weighted by atomic mass is 10.2. The molecule has 2 aliphatic carbocycles. The highest BCUT2D eigenvalue weighted by atomic mass is 32.2. The van der Waals surface area contributed by atoms with Crippen molar-refractivity contribution in [2.75, 3.05) is 7.05 Å². The fourth-order valence-corrected chi connectivity index (χ4v) is 5.27. The van der Waals surface area contributed by atoms with Crippen LogP contribution in [0.1, 0.15) is 32.6 Å². The van der Waals surface area contributed by atoms with Crippen molar-refractivity contribution < 1.29 is 16.8 Å². The molecule has 0 spiro atoms. The third-order valence-electron chi connectivity index (χ3n) is 4.59. The molecule has 3 rings (SSSR count). The van der Waals surface area contributed by atoms with E-state index in [0.29, 0.717) is 5.92 Å². The third kappa shape index (κ3) is 3.60. The topological polar surface area (TPSA) is 83.6 Å². The van der Waals surface area contributed by atoms with Crippen molar-refractivity contribution in [3.63, 3.8) is 0 Å². The number of hydrogen-bond acceptors (Lipinski definition) is 4. The number of rotatable bonds is 7. The van der Waals surface area contributed by atoms with Gasteiger partial charge in [-0.25, -0.2) is 21.6 Å². The summed E-state index contributed by atoms with van der Waals surface area (Å²) in [6.45, 7) is 1.91. The minimum absolute atomic E-state index is 0.0222. The van der Waals surface area contributed by atoms with Gasteiger partial charge in [0.2, 0.25) is 20.0 Å². The van der Waals surface area contributed by atoms with Crippen LogP contribution in [-0.2, 0) is 20.0 Å². The highest BCUT2D eigenvalue weighted by Crippen LogP contribution is 2.36. The monoisotopic (exact) mass is 358 g/mol. The lowest BCUT2D eigenvalue weighted by Crippen LogP contribution is -2.36. The second-order valence-electron chi connectivity index (χ2n) is 6.47. The SMILES string of the molecule is CC(C1CC1)N(C)S(=O)(=O)c1ccc(S(=O)(=O)NC2CC2)cc1. The van der Waals surface area contributed by atoms with E-state index in [1.165, 1.54) is 28.6 Å². The van der Waals surface area contributed by atoms with Crippen LogP contribution in [0, 0.1) is 5.92 Å². The summed E-state index contributed by atoms with van der Waals surface area (Å²) < 4.78 is 53.4. The van der Waals surface area contributed by atoms with Gasteiger partial charge in [-0.3, -0.25) is 0 Å². The van der Waals surface area contributed by atoms with Crippen LogP contribution in [0.4, 0.5) is 0 Å². The largest absolute Gasteiger partial charge is 0.243 e. The second-order valence-corrected chi connectivity index (χ2v) is 10.2. The molecule has 0 amide bonds. The van der Waals surface area contributed by atoms with E-state index in [2.05, 4.69) is 4.72 Å². The van der Waals surface area contributed by atoms with Crippen LogP contribution in [0.2, 0.25) is 0 Å². The van der Waals surface area contributed by atoms with E-state index in [4.69, 9.17) is 0 Å². The van der Waals surface area contributed by atoms with Gasteiger partial charge in [0.25, 0.3) is 0 Å². The summed E-state index contributed by atoms with van der Waals surface area (Å²) in [6, 6.07) is 5.43. The van der Waals surface area contributed by atoms with Gasteiger partial charge in [0.1, 0.15) is 0 Å². The van der Waals surface area contributed by atoms with Crippen molar-refractivity contribution in [3.05, 3.63) is 24.3 Å². The molecule has 0 saturated heterocycles. The second kappa shape index (κ2) is 5.84. The van der Waals surface area contributed by atoms with Gasteiger partial charge in [-0.15, -0.1) is 0 Å². The maximum Gasteiger partial charge on any atom is 0.243 e. The van der Waals surface area contributed by atoms with Crippen molar-refractivity contribution in [2.45, 2.75) is 54.5 Å². The highest BCUT2D eigenvalue weighted by molar-refractivity contribution is 7.89. The zero-order valence-corrected chi connectivity index (χ0v) is 14.9. The average molecular weight is 358 g/mol. The molecule has 1 atom stereocenters. The third-order valence-corrected chi connectivity index (χ3v) is 8.08. The predicted molar refractivity (Wildman–Crippen MR) is 86.9 cm³/mol. The standard InChI is InChI=1S/C15H22N2O4S2/c1-11(12-3-4-12)17(2)23(20,21)15-9-7-14(8-10-15)22(18,19)16-13-5-6-13/h7-13,16H,3-6H2,1-2H3. The molecule has 0 radical (unpaired) electrons. The molecule has 2 saturated carbocycles. The van der Waals surface area contributed by atoms with Gasteiger partial charge in [0.05, 0.1) is 9.79 Å². The van der Waals surface area contributed by atoms with Crippen LogP contribution in [0.15, 0.2) is 34.1 Å². The molecule has 128 valence electrons. The maximum absolute atomic E-state index is 12.6. The molecule has 0 aliphatic heterocycles. The summed E-state index contributed by atoms with van der Waals surface area (Å²) in [5.41, 5.74) is 0. The number of hydrogen-bond donors (Lipinski definition) is 1. The van der Waals surface area contributed by atoms with E-state index < -0.39 is 20.0 Å². The average Bonchev–Trinajstić information content (AvgIpc) is 3.39. The van der Waals surface area contributed by atoms with Crippen molar-refractivity contribution in [1.29, 1.82) is 0 Å². The van der Waals surface area contributed by atoms with E-state index >= 15 is 0 Å². The van der Waals surface area contributed by atoms with E-state index in [9.17, 15) is 16.8 Å². The molecule has 8 heteroatoms. The summed E-state index contributed by atoms with van der Waals surface area (Å²) in [5.74, 6) is 0.428. The Hall–Kier alpha value is -0.960. The fraction of sp³-hybridized carbons (Fsp3) is 0.600. The van der Waals surface area contributed by atoms with Crippen LogP contribution in [0.3, 0.4) is 0 Å².